The van der Waals surface area contributed by atoms with Gasteiger partial charge in [-0.05, 0) is 44.9 Å². The normalized spacial score (nSPS) is 45.6. The zero-order valence-corrected chi connectivity index (χ0v) is 10.8. The van der Waals surface area contributed by atoms with Gasteiger partial charge < -0.3 is 4.90 Å². The summed E-state index contributed by atoms with van der Waals surface area (Å²) in [5.41, 5.74) is 0. The van der Waals surface area contributed by atoms with Gasteiger partial charge in [0.1, 0.15) is 6.17 Å². The molecule has 0 radical (unpaired) electrons. The summed E-state index contributed by atoms with van der Waals surface area (Å²) < 4.78 is 13.1. The van der Waals surface area contributed by atoms with Gasteiger partial charge >= 0.3 is 0 Å². The van der Waals surface area contributed by atoms with E-state index in [0.717, 1.165) is 43.6 Å². The summed E-state index contributed by atoms with van der Waals surface area (Å²) in [6.07, 6.45) is 6.18. The van der Waals surface area contributed by atoms with Gasteiger partial charge in [-0.3, -0.25) is 0 Å². The van der Waals surface area contributed by atoms with Crippen LogP contribution in [-0.4, -0.2) is 25.3 Å². The molecule has 3 atom stereocenters. The molecule has 2 fully saturated rings. The van der Waals surface area contributed by atoms with E-state index in [1.807, 2.05) is 0 Å². The van der Waals surface area contributed by atoms with Crippen molar-refractivity contribution in [1.82, 2.24) is 0 Å². The Kier molecular flexibility index (Phi) is 4.23. The zero-order chi connectivity index (χ0) is 11.5. The van der Waals surface area contributed by atoms with Gasteiger partial charge in [-0.1, -0.05) is 6.92 Å². The molecule has 1 heterocycles. The number of hydrogen-bond donors (Lipinski definition) is 1. The second-order valence-electron chi connectivity index (χ2n) is 6.26. The van der Waals surface area contributed by atoms with Gasteiger partial charge in [-0.2, -0.15) is 0 Å². The molecule has 2 rings (SSSR count). The minimum atomic E-state index is -0.495. The molecule has 1 aliphatic carbocycles. The monoisotopic (exact) mass is 228 g/mol. The molecule has 0 aromatic rings. The highest BCUT2D eigenvalue weighted by Crippen LogP contribution is 2.25. The van der Waals surface area contributed by atoms with Crippen molar-refractivity contribution in [3.05, 3.63) is 0 Å². The summed E-state index contributed by atoms with van der Waals surface area (Å²) in [5.74, 6) is 1.72. The van der Waals surface area contributed by atoms with Crippen LogP contribution in [-0.2, 0) is 0 Å². The topological polar surface area (TPSA) is 4.44 Å². The first-order valence-corrected chi connectivity index (χ1v) is 7.13. The number of hydrogen-bond acceptors (Lipinski definition) is 0. The van der Waals surface area contributed by atoms with Crippen LogP contribution in [0.3, 0.4) is 0 Å². The smallest absolute Gasteiger partial charge is 0.100 e. The van der Waals surface area contributed by atoms with Gasteiger partial charge in [0, 0.05) is 12.3 Å². The minimum absolute atomic E-state index is 0.495. The predicted molar refractivity (Wildman–Crippen MR) is 65.4 cm³/mol. The van der Waals surface area contributed by atoms with E-state index in [2.05, 4.69) is 13.8 Å². The molecule has 94 valence electrons. The molecule has 1 nitrogen and oxygen atoms in total. The highest BCUT2D eigenvalue weighted by atomic mass is 19.1. The maximum absolute atomic E-state index is 13.1. The molecule has 0 spiro atoms. The van der Waals surface area contributed by atoms with Crippen molar-refractivity contribution in [2.24, 2.45) is 11.8 Å². The highest BCUT2D eigenvalue weighted by Gasteiger charge is 2.30. The Bertz CT molecular complexity index is 211. The number of rotatable bonds is 2. The molecule has 2 aliphatic rings. The van der Waals surface area contributed by atoms with Crippen LogP contribution in [0.1, 0.15) is 52.4 Å². The van der Waals surface area contributed by atoms with E-state index in [-0.39, 0.29) is 0 Å². The molecule has 0 amide bonds. The van der Waals surface area contributed by atoms with Crippen molar-refractivity contribution in [2.75, 3.05) is 13.1 Å². The molecule has 1 saturated heterocycles. The summed E-state index contributed by atoms with van der Waals surface area (Å²) in [7, 11) is 0. The fourth-order valence-corrected chi connectivity index (χ4v) is 3.57. The van der Waals surface area contributed by atoms with Crippen molar-refractivity contribution in [3.63, 3.8) is 0 Å². The summed E-state index contributed by atoms with van der Waals surface area (Å²) in [6, 6.07) is 0.826. The lowest BCUT2D eigenvalue weighted by Crippen LogP contribution is -3.17. The lowest BCUT2D eigenvalue weighted by molar-refractivity contribution is -0.933. The van der Waals surface area contributed by atoms with Crippen LogP contribution >= 0.6 is 0 Å². The third-order valence-corrected chi connectivity index (χ3v) is 4.74. The fourth-order valence-electron chi connectivity index (χ4n) is 3.57. The first-order valence-electron chi connectivity index (χ1n) is 7.13. The van der Waals surface area contributed by atoms with Gasteiger partial charge in [0.15, 0.2) is 0 Å². The van der Waals surface area contributed by atoms with Crippen LogP contribution in [0.5, 0.6) is 0 Å². The minimum Gasteiger partial charge on any atom is -0.332 e. The molecule has 1 N–H and O–H groups in total. The molecule has 0 bridgehead atoms. The van der Waals surface area contributed by atoms with Crippen molar-refractivity contribution < 1.29 is 9.29 Å². The average Bonchev–Trinajstić information content (AvgIpc) is 2.25. The summed E-state index contributed by atoms with van der Waals surface area (Å²) >= 11 is 0. The maximum atomic E-state index is 13.1. The largest absolute Gasteiger partial charge is 0.332 e. The molecular weight excluding hydrogens is 201 g/mol. The number of likely N-dealkylation sites (tertiary alicyclic amines) is 1. The first kappa shape index (κ1) is 12.3. The molecule has 1 aliphatic heterocycles. The van der Waals surface area contributed by atoms with Crippen LogP contribution < -0.4 is 4.90 Å². The molecule has 0 aromatic carbocycles. The Labute approximate surface area is 99.4 Å². The van der Waals surface area contributed by atoms with E-state index in [4.69, 9.17) is 0 Å². The highest BCUT2D eigenvalue weighted by molar-refractivity contribution is 4.72. The van der Waals surface area contributed by atoms with Crippen molar-refractivity contribution in [1.29, 1.82) is 0 Å². The third-order valence-electron chi connectivity index (χ3n) is 4.74. The Morgan fingerprint density at radius 2 is 1.75 bits per heavy atom. The number of nitrogens with one attached hydrogen (secondary N) is 1. The Hall–Kier alpha value is -0.110. The SMILES string of the molecule is CC1CC[NH+](CC2CCC(F)CC2)C(C)C1. The van der Waals surface area contributed by atoms with Crippen LogP contribution in [0.25, 0.3) is 0 Å². The predicted octanol–water partition coefficient (Wildman–Crippen LogP) is 2.22. The quantitative estimate of drug-likeness (QED) is 0.739. The van der Waals surface area contributed by atoms with Crippen molar-refractivity contribution in [2.45, 2.75) is 64.6 Å². The molecule has 3 unspecified atom stereocenters. The molecular formula is C14H27FN+. The zero-order valence-electron chi connectivity index (χ0n) is 10.8. The van der Waals surface area contributed by atoms with Crippen molar-refractivity contribution in [3.8, 4) is 0 Å². The second kappa shape index (κ2) is 5.48. The van der Waals surface area contributed by atoms with E-state index in [1.165, 1.54) is 25.9 Å². The maximum Gasteiger partial charge on any atom is 0.100 e. The van der Waals surface area contributed by atoms with E-state index in [1.54, 1.807) is 4.90 Å². The van der Waals surface area contributed by atoms with E-state index < -0.39 is 6.17 Å². The molecule has 16 heavy (non-hydrogen) atoms. The van der Waals surface area contributed by atoms with Gasteiger partial charge in [-0.25, -0.2) is 4.39 Å². The number of quaternary nitrogens is 1. The standard InChI is InChI=1S/C14H26FN/c1-11-7-8-16(12(2)9-11)10-13-3-5-14(15)6-4-13/h11-14H,3-10H2,1-2H3/p+1. The number of halogens is 1. The van der Waals surface area contributed by atoms with Gasteiger partial charge in [0.25, 0.3) is 0 Å². The van der Waals surface area contributed by atoms with Crippen LogP contribution in [0.2, 0.25) is 0 Å². The Balaban J connectivity index is 1.76. The van der Waals surface area contributed by atoms with Crippen LogP contribution in [0.15, 0.2) is 0 Å². The van der Waals surface area contributed by atoms with E-state index in [9.17, 15) is 4.39 Å². The lowest BCUT2D eigenvalue weighted by atomic mass is 9.86. The van der Waals surface area contributed by atoms with Crippen LogP contribution in [0, 0.1) is 11.8 Å². The van der Waals surface area contributed by atoms with Gasteiger partial charge in [-0.15, -0.1) is 0 Å². The first-order chi connectivity index (χ1) is 7.65. The molecule has 1 saturated carbocycles. The van der Waals surface area contributed by atoms with Crippen molar-refractivity contribution >= 4 is 0 Å². The lowest BCUT2D eigenvalue weighted by Gasteiger charge is -2.36. The summed E-state index contributed by atoms with van der Waals surface area (Å²) in [6.45, 7) is 7.42. The second-order valence-corrected chi connectivity index (χ2v) is 6.26. The average molecular weight is 228 g/mol. The Morgan fingerprint density at radius 1 is 1.06 bits per heavy atom. The molecule has 2 heteroatoms. The van der Waals surface area contributed by atoms with Gasteiger partial charge in [0.05, 0.1) is 19.1 Å². The summed E-state index contributed by atoms with van der Waals surface area (Å²) in [5, 5.41) is 0. The summed E-state index contributed by atoms with van der Waals surface area (Å²) in [4.78, 5) is 1.79. The van der Waals surface area contributed by atoms with E-state index in [0.29, 0.717) is 0 Å². The number of piperidine rings is 1. The van der Waals surface area contributed by atoms with Gasteiger partial charge in [0.2, 0.25) is 0 Å². The van der Waals surface area contributed by atoms with Crippen LogP contribution in [0.4, 0.5) is 4.39 Å². The number of alkyl halides is 1. The van der Waals surface area contributed by atoms with E-state index >= 15 is 0 Å². The third kappa shape index (κ3) is 3.19. The Morgan fingerprint density at radius 3 is 2.38 bits per heavy atom. The molecule has 0 aromatic heterocycles. The fraction of sp³-hybridized carbons (Fsp3) is 1.00.